The standard InChI is InChI=1S/C15H18N2S/c1-11-8-15(12(2)16(11)3)18-17-9-13-6-4-5-7-14(13)10-17/h4-8H,9-10H2,1-3H3. The number of hydrogen-bond acceptors (Lipinski definition) is 2. The fraction of sp³-hybridized carbons (Fsp3) is 0.333. The second-order valence-electron chi connectivity index (χ2n) is 4.95. The summed E-state index contributed by atoms with van der Waals surface area (Å²) in [6.45, 7) is 6.46. The van der Waals surface area contributed by atoms with Crippen molar-refractivity contribution in [3.63, 3.8) is 0 Å². The summed E-state index contributed by atoms with van der Waals surface area (Å²) in [4.78, 5) is 1.38. The summed E-state index contributed by atoms with van der Waals surface area (Å²) in [5.41, 5.74) is 5.62. The number of hydrogen-bond donors (Lipinski definition) is 0. The molecule has 1 aromatic heterocycles. The van der Waals surface area contributed by atoms with E-state index in [1.807, 2.05) is 11.9 Å². The van der Waals surface area contributed by atoms with Crippen molar-refractivity contribution in [2.24, 2.45) is 7.05 Å². The van der Waals surface area contributed by atoms with Gasteiger partial charge in [0.15, 0.2) is 0 Å². The molecule has 0 atom stereocenters. The van der Waals surface area contributed by atoms with Crippen molar-refractivity contribution >= 4 is 11.9 Å². The minimum atomic E-state index is 1.05. The van der Waals surface area contributed by atoms with E-state index in [4.69, 9.17) is 0 Å². The molecule has 2 aromatic rings. The molecule has 0 unspecified atom stereocenters. The third-order valence-corrected chi connectivity index (χ3v) is 4.89. The molecule has 1 aromatic carbocycles. The fourth-order valence-corrected chi connectivity index (χ4v) is 3.60. The molecule has 0 aliphatic carbocycles. The quantitative estimate of drug-likeness (QED) is 0.760. The Balaban J connectivity index is 1.78. The van der Waals surface area contributed by atoms with E-state index in [1.54, 1.807) is 0 Å². The van der Waals surface area contributed by atoms with E-state index in [-0.39, 0.29) is 0 Å². The van der Waals surface area contributed by atoms with E-state index in [2.05, 4.69) is 60.1 Å². The maximum atomic E-state index is 2.44. The van der Waals surface area contributed by atoms with Crippen LogP contribution in [-0.2, 0) is 20.1 Å². The van der Waals surface area contributed by atoms with Crippen LogP contribution >= 0.6 is 11.9 Å². The van der Waals surface area contributed by atoms with Gasteiger partial charge in [0.05, 0.1) is 0 Å². The van der Waals surface area contributed by atoms with Gasteiger partial charge in [-0.05, 0) is 43.0 Å². The van der Waals surface area contributed by atoms with Crippen molar-refractivity contribution in [3.8, 4) is 0 Å². The highest BCUT2D eigenvalue weighted by Crippen LogP contribution is 2.34. The minimum absolute atomic E-state index is 1.05. The molecule has 0 N–H and O–H groups in total. The Hall–Kier alpha value is -1.19. The summed E-state index contributed by atoms with van der Waals surface area (Å²) in [6, 6.07) is 11.0. The van der Waals surface area contributed by atoms with E-state index >= 15 is 0 Å². The number of aryl methyl sites for hydroxylation is 1. The zero-order chi connectivity index (χ0) is 12.7. The molecule has 18 heavy (non-hydrogen) atoms. The molecule has 0 amide bonds. The normalized spacial score (nSPS) is 15.1. The molecule has 0 saturated heterocycles. The van der Waals surface area contributed by atoms with Crippen LogP contribution in [0.25, 0.3) is 0 Å². The summed E-state index contributed by atoms with van der Waals surface area (Å²) in [7, 11) is 2.13. The first-order valence-electron chi connectivity index (χ1n) is 6.28. The van der Waals surface area contributed by atoms with Crippen molar-refractivity contribution in [1.29, 1.82) is 0 Å². The summed E-state index contributed by atoms with van der Waals surface area (Å²) in [6.07, 6.45) is 0. The maximum absolute atomic E-state index is 2.44. The molecular weight excluding hydrogens is 240 g/mol. The van der Waals surface area contributed by atoms with Crippen molar-refractivity contribution in [3.05, 3.63) is 52.8 Å². The lowest BCUT2D eigenvalue weighted by atomic mass is 10.1. The van der Waals surface area contributed by atoms with Gasteiger partial charge >= 0.3 is 0 Å². The van der Waals surface area contributed by atoms with Gasteiger partial charge in [0.2, 0.25) is 0 Å². The molecule has 2 heterocycles. The smallest absolute Gasteiger partial charge is 0.0439 e. The monoisotopic (exact) mass is 258 g/mol. The first kappa shape index (κ1) is 11.9. The molecule has 0 radical (unpaired) electrons. The first-order valence-corrected chi connectivity index (χ1v) is 7.05. The van der Waals surface area contributed by atoms with Gasteiger partial charge in [0.25, 0.3) is 0 Å². The Morgan fingerprint density at radius 1 is 1.06 bits per heavy atom. The average Bonchev–Trinajstić information content (AvgIpc) is 2.87. The van der Waals surface area contributed by atoms with Crippen molar-refractivity contribution in [2.45, 2.75) is 31.8 Å². The zero-order valence-corrected chi connectivity index (χ0v) is 11.9. The predicted molar refractivity (Wildman–Crippen MR) is 76.4 cm³/mol. The number of fused-ring (bicyclic) bond motifs is 1. The van der Waals surface area contributed by atoms with Crippen LogP contribution in [0.4, 0.5) is 0 Å². The summed E-state index contributed by atoms with van der Waals surface area (Å²) < 4.78 is 4.69. The number of aromatic nitrogens is 1. The highest BCUT2D eigenvalue weighted by atomic mass is 32.2. The topological polar surface area (TPSA) is 8.17 Å². The fourth-order valence-electron chi connectivity index (χ4n) is 2.42. The molecule has 0 fully saturated rings. The Morgan fingerprint density at radius 3 is 2.17 bits per heavy atom. The van der Waals surface area contributed by atoms with Crippen molar-refractivity contribution in [2.75, 3.05) is 0 Å². The SMILES string of the molecule is Cc1cc(SN2Cc3ccccc3C2)c(C)n1C. The van der Waals surface area contributed by atoms with Crippen LogP contribution in [0.15, 0.2) is 35.2 Å². The largest absolute Gasteiger partial charge is 0.351 e. The molecule has 94 valence electrons. The van der Waals surface area contributed by atoms with Crippen LogP contribution in [0, 0.1) is 13.8 Å². The Kier molecular flexibility index (Phi) is 2.96. The number of benzene rings is 1. The van der Waals surface area contributed by atoms with Gasteiger partial charge in [-0.1, -0.05) is 24.3 Å². The molecule has 3 heteroatoms. The van der Waals surface area contributed by atoms with E-state index in [0.29, 0.717) is 0 Å². The second-order valence-corrected chi connectivity index (χ2v) is 6.09. The van der Waals surface area contributed by atoms with Crippen LogP contribution in [-0.4, -0.2) is 8.87 Å². The molecular formula is C15H18N2S. The molecule has 0 bridgehead atoms. The first-order chi connectivity index (χ1) is 8.65. The van der Waals surface area contributed by atoms with Crippen molar-refractivity contribution < 1.29 is 0 Å². The summed E-state index contributed by atoms with van der Waals surface area (Å²) in [5.74, 6) is 0. The number of nitrogens with zero attached hydrogens (tertiary/aromatic N) is 2. The van der Waals surface area contributed by atoms with Crippen molar-refractivity contribution in [1.82, 2.24) is 8.87 Å². The van der Waals surface area contributed by atoms with Crippen LogP contribution in [0.5, 0.6) is 0 Å². The molecule has 1 aliphatic rings. The minimum Gasteiger partial charge on any atom is -0.351 e. The predicted octanol–water partition coefficient (Wildman–Crippen LogP) is 3.66. The van der Waals surface area contributed by atoms with Crippen LogP contribution < -0.4 is 0 Å². The van der Waals surface area contributed by atoms with E-state index < -0.39 is 0 Å². The Morgan fingerprint density at radius 2 is 1.67 bits per heavy atom. The Labute approximate surface area is 113 Å². The lowest BCUT2D eigenvalue weighted by Gasteiger charge is -2.13. The summed E-state index contributed by atoms with van der Waals surface area (Å²) in [5, 5.41) is 0. The second kappa shape index (κ2) is 4.48. The van der Waals surface area contributed by atoms with E-state index in [0.717, 1.165) is 13.1 Å². The highest BCUT2D eigenvalue weighted by Gasteiger charge is 2.20. The third-order valence-electron chi connectivity index (χ3n) is 3.77. The molecule has 0 spiro atoms. The van der Waals surface area contributed by atoms with Crippen LogP contribution in [0.1, 0.15) is 22.5 Å². The van der Waals surface area contributed by atoms with Gasteiger partial charge in [-0.2, -0.15) is 0 Å². The van der Waals surface area contributed by atoms with Gasteiger partial charge in [0, 0.05) is 36.4 Å². The van der Waals surface area contributed by atoms with Gasteiger partial charge in [-0.15, -0.1) is 0 Å². The van der Waals surface area contributed by atoms with E-state index in [1.165, 1.54) is 27.4 Å². The third kappa shape index (κ3) is 1.98. The maximum Gasteiger partial charge on any atom is 0.0439 e. The molecule has 3 rings (SSSR count). The van der Waals surface area contributed by atoms with Gasteiger partial charge in [-0.25, -0.2) is 4.31 Å². The lowest BCUT2D eigenvalue weighted by Crippen LogP contribution is -2.05. The van der Waals surface area contributed by atoms with Gasteiger partial charge in [0.1, 0.15) is 0 Å². The van der Waals surface area contributed by atoms with Gasteiger partial charge < -0.3 is 4.57 Å². The molecule has 2 nitrogen and oxygen atoms in total. The van der Waals surface area contributed by atoms with Crippen LogP contribution in [0.2, 0.25) is 0 Å². The lowest BCUT2D eigenvalue weighted by molar-refractivity contribution is 0.508. The molecule has 1 aliphatic heterocycles. The zero-order valence-electron chi connectivity index (χ0n) is 11.1. The number of rotatable bonds is 2. The Bertz CT molecular complexity index is 561. The van der Waals surface area contributed by atoms with E-state index in [9.17, 15) is 0 Å². The summed E-state index contributed by atoms with van der Waals surface area (Å²) >= 11 is 1.88. The van der Waals surface area contributed by atoms with Crippen LogP contribution in [0.3, 0.4) is 0 Å². The highest BCUT2D eigenvalue weighted by molar-refractivity contribution is 7.97. The molecule has 0 saturated carbocycles. The average molecular weight is 258 g/mol. The van der Waals surface area contributed by atoms with Gasteiger partial charge in [-0.3, -0.25) is 0 Å².